The van der Waals surface area contributed by atoms with Crippen molar-refractivity contribution in [2.24, 2.45) is 0 Å². The van der Waals surface area contributed by atoms with Gasteiger partial charge in [-0.1, -0.05) is 0 Å². The van der Waals surface area contributed by atoms with Gasteiger partial charge in [-0.2, -0.15) is 0 Å². The summed E-state index contributed by atoms with van der Waals surface area (Å²) in [6.45, 7) is 3.80. The van der Waals surface area contributed by atoms with E-state index in [0.29, 0.717) is 75.7 Å². The average molecular weight is 374 g/mol. The standard InChI is InChI=1S/C20H26N2O5/c21-15-1-3-17-18-4-2-16(22)14-20(18)27-12-10-25-8-6-23-5-7-24-9-11-26-19(17)13-15/h1-4,13-14H,5-12,21-22H2. The van der Waals surface area contributed by atoms with E-state index in [-0.39, 0.29) is 0 Å². The summed E-state index contributed by atoms with van der Waals surface area (Å²) in [6.07, 6.45) is 0. The molecule has 0 unspecified atom stereocenters. The molecule has 4 N–H and O–H groups in total. The van der Waals surface area contributed by atoms with Crippen molar-refractivity contribution in [1.82, 2.24) is 0 Å². The third-order valence-corrected chi connectivity index (χ3v) is 4.02. The van der Waals surface area contributed by atoms with Crippen molar-refractivity contribution in [3.8, 4) is 22.6 Å². The fourth-order valence-corrected chi connectivity index (χ4v) is 2.72. The summed E-state index contributed by atoms with van der Waals surface area (Å²) >= 11 is 0. The average Bonchev–Trinajstić information content (AvgIpc) is 2.66. The van der Waals surface area contributed by atoms with E-state index in [1.165, 1.54) is 0 Å². The molecule has 0 radical (unpaired) electrons. The number of hydrogen-bond acceptors (Lipinski definition) is 7. The highest BCUT2D eigenvalue weighted by atomic mass is 16.6. The third kappa shape index (κ3) is 5.75. The molecule has 27 heavy (non-hydrogen) atoms. The Balaban J connectivity index is 1.86. The van der Waals surface area contributed by atoms with Crippen LogP contribution in [0.15, 0.2) is 36.4 Å². The number of hydrogen-bond donors (Lipinski definition) is 2. The minimum atomic E-state index is 0.407. The molecule has 7 nitrogen and oxygen atoms in total. The lowest BCUT2D eigenvalue weighted by Gasteiger charge is -2.16. The smallest absolute Gasteiger partial charge is 0.129 e. The van der Waals surface area contributed by atoms with Gasteiger partial charge in [0.05, 0.1) is 39.6 Å². The van der Waals surface area contributed by atoms with Crippen LogP contribution in [0.5, 0.6) is 11.5 Å². The maximum absolute atomic E-state index is 5.95. The van der Waals surface area contributed by atoms with Crippen molar-refractivity contribution in [3.05, 3.63) is 36.4 Å². The largest absolute Gasteiger partial charge is 0.490 e. The van der Waals surface area contributed by atoms with Gasteiger partial charge in [-0.15, -0.1) is 0 Å². The molecule has 0 saturated heterocycles. The maximum Gasteiger partial charge on any atom is 0.129 e. The Morgan fingerprint density at radius 2 is 0.889 bits per heavy atom. The molecule has 146 valence electrons. The normalized spacial score (nSPS) is 16.9. The number of nitrogen functional groups attached to an aromatic ring is 2. The van der Waals surface area contributed by atoms with E-state index >= 15 is 0 Å². The quantitative estimate of drug-likeness (QED) is 0.683. The number of rotatable bonds is 0. The molecule has 0 spiro atoms. The number of ether oxygens (including phenoxy) is 5. The van der Waals surface area contributed by atoms with E-state index in [4.69, 9.17) is 35.2 Å². The molecule has 1 heterocycles. The Morgan fingerprint density at radius 3 is 1.30 bits per heavy atom. The van der Waals surface area contributed by atoms with Crippen LogP contribution < -0.4 is 20.9 Å². The first-order valence-corrected chi connectivity index (χ1v) is 9.02. The fraction of sp³-hybridized carbons (Fsp3) is 0.400. The van der Waals surface area contributed by atoms with Crippen LogP contribution in [-0.4, -0.2) is 52.9 Å². The summed E-state index contributed by atoms with van der Waals surface area (Å²) < 4.78 is 28.3. The molecule has 0 atom stereocenters. The zero-order chi connectivity index (χ0) is 18.9. The SMILES string of the molecule is Nc1ccc2c(c1)OCCOCCOCCOCCOc1cc(N)ccc1-2. The summed E-state index contributed by atoms with van der Waals surface area (Å²) in [5.74, 6) is 1.34. The lowest BCUT2D eigenvalue weighted by molar-refractivity contribution is 0.00520. The minimum absolute atomic E-state index is 0.407. The molecular weight excluding hydrogens is 348 g/mol. The highest BCUT2D eigenvalue weighted by molar-refractivity contribution is 5.79. The molecule has 0 amide bonds. The lowest BCUT2D eigenvalue weighted by Crippen LogP contribution is -2.14. The van der Waals surface area contributed by atoms with Crippen molar-refractivity contribution in [2.45, 2.75) is 0 Å². The van der Waals surface area contributed by atoms with Gasteiger partial charge >= 0.3 is 0 Å². The van der Waals surface area contributed by atoms with Crippen LogP contribution in [0, 0.1) is 0 Å². The summed E-state index contributed by atoms with van der Waals surface area (Å²) in [5, 5.41) is 0. The van der Waals surface area contributed by atoms with Gasteiger partial charge in [0, 0.05) is 34.6 Å². The Morgan fingerprint density at radius 1 is 0.519 bits per heavy atom. The van der Waals surface area contributed by atoms with Crippen LogP contribution >= 0.6 is 0 Å². The number of nitrogens with two attached hydrogens (primary N) is 2. The predicted molar refractivity (Wildman–Crippen MR) is 104 cm³/mol. The first-order valence-electron chi connectivity index (χ1n) is 9.02. The highest BCUT2D eigenvalue weighted by Crippen LogP contribution is 2.38. The third-order valence-electron chi connectivity index (χ3n) is 4.02. The molecule has 0 aromatic heterocycles. The Bertz CT molecular complexity index is 677. The van der Waals surface area contributed by atoms with Gasteiger partial charge in [-0.05, 0) is 24.3 Å². The fourth-order valence-electron chi connectivity index (χ4n) is 2.72. The molecule has 0 aliphatic carbocycles. The van der Waals surface area contributed by atoms with Crippen LogP contribution in [0.2, 0.25) is 0 Å². The molecule has 0 saturated carbocycles. The Hall–Kier alpha value is -2.48. The summed E-state index contributed by atoms with van der Waals surface area (Å²) in [6, 6.07) is 11.1. The molecule has 0 bridgehead atoms. The molecular formula is C20H26N2O5. The van der Waals surface area contributed by atoms with Gasteiger partial charge in [0.25, 0.3) is 0 Å². The summed E-state index contributed by atoms with van der Waals surface area (Å²) in [7, 11) is 0. The van der Waals surface area contributed by atoms with Gasteiger partial charge in [-0.3, -0.25) is 0 Å². The molecule has 2 aromatic rings. The van der Waals surface area contributed by atoms with Crippen molar-refractivity contribution in [2.75, 3.05) is 64.3 Å². The van der Waals surface area contributed by atoms with Crippen LogP contribution in [0.3, 0.4) is 0 Å². The topological polar surface area (TPSA) is 98.2 Å². The molecule has 0 fully saturated rings. The molecule has 2 aromatic carbocycles. The first-order chi connectivity index (χ1) is 13.2. The first kappa shape index (κ1) is 19.3. The Labute approximate surface area is 159 Å². The van der Waals surface area contributed by atoms with Crippen molar-refractivity contribution < 1.29 is 23.7 Å². The molecule has 1 aliphatic rings. The second kappa shape index (κ2) is 10.0. The Kier molecular flexibility index (Phi) is 7.15. The molecule has 7 heteroatoms. The van der Waals surface area contributed by atoms with Crippen molar-refractivity contribution >= 4 is 11.4 Å². The number of anilines is 2. The van der Waals surface area contributed by atoms with Gasteiger partial charge in [0.15, 0.2) is 0 Å². The van der Waals surface area contributed by atoms with E-state index in [0.717, 1.165) is 11.1 Å². The highest BCUT2D eigenvalue weighted by Gasteiger charge is 2.13. The second-order valence-electron chi connectivity index (χ2n) is 6.05. The lowest BCUT2D eigenvalue weighted by atomic mass is 10.0. The van der Waals surface area contributed by atoms with Crippen LogP contribution in [0.1, 0.15) is 0 Å². The molecule has 1 aliphatic heterocycles. The zero-order valence-corrected chi connectivity index (χ0v) is 15.3. The van der Waals surface area contributed by atoms with Crippen molar-refractivity contribution in [3.63, 3.8) is 0 Å². The van der Waals surface area contributed by atoms with E-state index in [9.17, 15) is 0 Å². The monoisotopic (exact) mass is 374 g/mol. The number of benzene rings is 2. The zero-order valence-electron chi connectivity index (χ0n) is 15.3. The van der Waals surface area contributed by atoms with Crippen LogP contribution in [0.4, 0.5) is 11.4 Å². The second-order valence-corrected chi connectivity index (χ2v) is 6.05. The summed E-state index contributed by atoms with van der Waals surface area (Å²) in [5.41, 5.74) is 14.9. The van der Waals surface area contributed by atoms with Crippen LogP contribution in [0.25, 0.3) is 11.1 Å². The van der Waals surface area contributed by atoms with Gasteiger partial charge in [-0.25, -0.2) is 0 Å². The van der Waals surface area contributed by atoms with E-state index in [1.54, 1.807) is 12.1 Å². The number of fused-ring (bicyclic) bond motifs is 3. The molecule has 3 rings (SSSR count). The minimum Gasteiger partial charge on any atom is -0.490 e. The van der Waals surface area contributed by atoms with E-state index in [1.807, 2.05) is 24.3 Å². The van der Waals surface area contributed by atoms with Gasteiger partial charge in [0.2, 0.25) is 0 Å². The van der Waals surface area contributed by atoms with Crippen LogP contribution in [-0.2, 0) is 14.2 Å². The van der Waals surface area contributed by atoms with Crippen molar-refractivity contribution in [1.29, 1.82) is 0 Å². The maximum atomic E-state index is 5.95. The summed E-state index contributed by atoms with van der Waals surface area (Å²) in [4.78, 5) is 0. The predicted octanol–water partition coefficient (Wildman–Crippen LogP) is 2.34. The van der Waals surface area contributed by atoms with E-state index < -0.39 is 0 Å². The van der Waals surface area contributed by atoms with E-state index in [2.05, 4.69) is 0 Å². The van der Waals surface area contributed by atoms with Gasteiger partial charge < -0.3 is 35.2 Å². The van der Waals surface area contributed by atoms with Gasteiger partial charge in [0.1, 0.15) is 24.7 Å².